The van der Waals surface area contributed by atoms with Crippen LogP contribution < -0.4 is 20.1 Å². The lowest BCUT2D eigenvalue weighted by atomic mass is 9.85. The molecule has 1 aromatic carbocycles. The van der Waals surface area contributed by atoms with Crippen molar-refractivity contribution >= 4 is 5.69 Å². The van der Waals surface area contributed by atoms with Crippen LogP contribution in [0.25, 0.3) is 0 Å². The van der Waals surface area contributed by atoms with Gasteiger partial charge in [-0.2, -0.15) is 0 Å². The van der Waals surface area contributed by atoms with Crippen molar-refractivity contribution < 1.29 is 9.47 Å². The third-order valence-electron chi connectivity index (χ3n) is 4.18. The number of rotatable bonds is 3. The highest BCUT2D eigenvalue weighted by molar-refractivity contribution is 5.63. The van der Waals surface area contributed by atoms with Gasteiger partial charge in [0.2, 0.25) is 0 Å². The molecule has 1 fully saturated rings. The highest BCUT2D eigenvalue weighted by atomic mass is 16.5. The second kappa shape index (κ2) is 5.29. The smallest absolute Gasteiger partial charge is 0.142 e. The summed E-state index contributed by atoms with van der Waals surface area (Å²) >= 11 is 0. The van der Waals surface area contributed by atoms with E-state index in [9.17, 15) is 0 Å². The van der Waals surface area contributed by atoms with Gasteiger partial charge in [-0.15, -0.1) is 0 Å². The Morgan fingerprint density at radius 3 is 2.63 bits per heavy atom. The summed E-state index contributed by atoms with van der Waals surface area (Å²) in [7, 11) is 3.38. The number of methoxy groups -OCH3 is 2. The van der Waals surface area contributed by atoms with Crippen LogP contribution in [0.5, 0.6) is 11.5 Å². The molecule has 4 heteroatoms. The molecular formula is C15H24N2O2. The third-order valence-corrected chi connectivity index (χ3v) is 4.18. The average Bonchev–Trinajstić information content (AvgIpc) is 2.41. The molecule has 4 nitrogen and oxygen atoms in total. The fraction of sp³-hybridized carbons (Fsp3) is 0.600. The summed E-state index contributed by atoms with van der Waals surface area (Å²) in [5.74, 6) is 1.70. The molecule has 0 aliphatic carbocycles. The van der Waals surface area contributed by atoms with E-state index in [1.54, 1.807) is 14.2 Å². The Hall–Kier alpha value is -1.42. The summed E-state index contributed by atoms with van der Waals surface area (Å²) < 4.78 is 10.8. The lowest BCUT2D eigenvalue weighted by Gasteiger charge is -2.48. The molecule has 106 valence electrons. The molecular weight excluding hydrogens is 240 g/mol. The van der Waals surface area contributed by atoms with Crippen LogP contribution in [0, 0.1) is 0 Å². The molecule has 0 spiro atoms. The minimum Gasteiger partial charge on any atom is -0.497 e. The topological polar surface area (TPSA) is 47.7 Å². The van der Waals surface area contributed by atoms with Crippen LogP contribution in [-0.2, 0) is 0 Å². The van der Waals surface area contributed by atoms with E-state index in [4.69, 9.17) is 15.2 Å². The Bertz CT molecular complexity index is 446. The van der Waals surface area contributed by atoms with Crippen molar-refractivity contribution in [3.8, 4) is 11.5 Å². The first-order chi connectivity index (χ1) is 9.00. The quantitative estimate of drug-likeness (QED) is 0.910. The van der Waals surface area contributed by atoms with Crippen molar-refractivity contribution in [2.24, 2.45) is 5.73 Å². The molecule has 0 radical (unpaired) electrons. The lowest BCUT2D eigenvalue weighted by molar-refractivity contribution is 0.305. The van der Waals surface area contributed by atoms with Gasteiger partial charge in [-0.25, -0.2) is 0 Å². The van der Waals surface area contributed by atoms with Crippen molar-refractivity contribution in [3.05, 3.63) is 18.2 Å². The molecule has 1 atom stereocenters. The van der Waals surface area contributed by atoms with Gasteiger partial charge in [0.05, 0.1) is 19.9 Å². The number of ether oxygens (including phenoxy) is 2. The number of nitrogens with two attached hydrogens (primary N) is 1. The minimum atomic E-state index is -0.0854. The molecule has 2 N–H and O–H groups in total. The molecule has 0 bridgehead atoms. The Morgan fingerprint density at radius 2 is 2.00 bits per heavy atom. The molecule has 2 rings (SSSR count). The third kappa shape index (κ3) is 2.50. The summed E-state index contributed by atoms with van der Waals surface area (Å²) in [5.41, 5.74) is 7.26. The number of benzene rings is 1. The van der Waals surface area contributed by atoms with Crippen molar-refractivity contribution in [1.29, 1.82) is 0 Å². The van der Waals surface area contributed by atoms with Gasteiger partial charge < -0.3 is 20.1 Å². The maximum Gasteiger partial charge on any atom is 0.142 e. The van der Waals surface area contributed by atoms with E-state index in [2.05, 4.69) is 18.7 Å². The number of anilines is 1. The summed E-state index contributed by atoms with van der Waals surface area (Å²) in [6.45, 7) is 5.37. The van der Waals surface area contributed by atoms with Crippen LogP contribution >= 0.6 is 0 Å². The first-order valence-electron chi connectivity index (χ1n) is 6.76. The van der Waals surface area contributed by atoms with Gasteiger partial charge >= 0.3 is 0 Å². The van der Waals surface area contributed by atoms with Gasteiger partial charge in [0.25, 0.3) is 0 Å². The molecule has 1 aliphatic heterocycles. The first-order valence-corrected chi connectivity index (χ1v) is 6.76. The largest absolute Gasteiger partial charge is 0.497 e. The van der Waals surface area contributed by atoms with Gasteiger partial charge in [0.15, 0.2) is 0 Å². The second-order valence-corrected chi connectivity index (χ2v) is 5.59. The Kier molecular flexibility index (Phi) is 3.90. The second-order valence-electron chi connectivity index (χ2n) is 5.59. The van der Waals surface area contributed by atoms with E-state index in [-0.39, 0.29) is 11.6 Å². The lowest BCUT2D eigenvalue weighted by Crippen LogP contribution is -2.59. The Morgan fingerprint density at radius 1 is 1.26 bits per heavy atom. The standard InChI is InChI=1S/C15H24N2O2/c1-15(2)14(16)6-5-9-17(15)12-10-11(18-3)7-8-13(12)19-4/h7-8,10,14H,5-6,9,16H2,1-4H3. The van der Waals surface area contributed by atoms with E-state index in [0.717, 1.165) is 36.6 Å². The zero-order chi connectivity index (χ0) is 14.0. The zero-order valence-corrected chi connectivity index (χ0v) is 12.3. The van der Waals surface area contributed by atoms with E-state index in [1.807, 2.05) is 18.2 Å². The van der Waals surface area contributed by atoms with Crippen molar-refractivity contribution in [2.75, 3.05) is 25.7 Å². The van der Waals surface area contributed by atoms with Crippen molar-refractivity contribution in [3.63, 3.8) is 0 Å². The maximum atomic E-state index is 6.29. The van der Waals surface area contributed by atoms with Gasteiger partial charge in [-0.05, 0) is 38.8 Å². The molecule has 19 heavy (non-hydrogen) atoms. The molecule has 1 heterocycles. The Balaban J connectivity index is 2.44. The van der Waals surface area contributed by atoms with Crippen LogP contribution in [0.15, 0.2) is 18.2 Å². The fourth-order valence-electron chi connectivity index (χ4n) is 2.75. The van der Waals surface area contributed by atoms with Crippen LogP contribution in [0.2, 0.25) is 0 Å². The van der Waals surface area contributed by atoms with Gasteiger partial charge in [-0.1, -0.05) is 0 Å². The van der Waals surface area contributed by atoms with Gasteiger partial charge in [0, 0.05) is 24.2 Å². The fourth-order valence-corrected chi connectivity index (χ4v) is 2.75. The minimum absolute atomic E-state index is 0.0854. The number of hydrogen-bond donors (Lipinski definition) is 1. The molecule has 0 aromatic heterocycles. The molecule has 1 unspecified atom stereocenters. The molecule has 1 aliphatic rings. The van der Waals surface area contributed by atoms with Crippen LogP contribution in [0.4, 0.5) is 5.69 Å². The predicted octanol–water partition coefficient (Wildman–Crippen LogP) is 2.41. The number of hydrogen-bond acceptors (Lipinski definition) is 4. The van der Waals surface area contributed by atoms with E-state index in [0.29, 0.717) is 0 Å². The highest BCUT2D eigenvalue weighted by Crippen LogP contribution is 2.39. The molecule has 0 amide bonds. The SMILES string of the molecule is COc1ccc(OC)c(N2CCCC(N)C2(C)C)c1. The van der Waals surface area contributed by atoms with Gasteiger partial charge in [0.1, 0.15) is 11.5 Å². The monoisotopic (exact) mass is 264 g/mol. The van der Waals surface area contributed by atoms with Crippen molar-refractivity contribution in [1.82, 2.24) is 0 Å². The summed E-state index contributed by atoms with van der Waals surface area (Å²) in [6, 6.07) is 6.06. The van der Waals surface area contributed by atoms with E-state index < -0.39 is 0 Å². The van der Waals surface area contributed by atoms with E-state index in [1.165, 1.54) is 0 Å². The zero-order valence-electron chi connectivity index (χ0n) is 12.3. The number of piperidine rings is 1. The van der Waals surface area contributed by atoms with Crippen LogP contribution in [0.1, 0.15) is 26.7 Å². The van der Waals surface area contributed by atoms with Crippen molar-refractivity contribution in [2.45, 2.75) is 38.3 Å². The summed E-state index contributed by atoms with van der Waals surface area (Å²) in [5, 5.41) is 0. The molecule has 0 saturated carbocycles. The highest BCUT2D eigenvalue weighted by Gasteiger charge is 2.37. The van der Waals surface area contributed by atoms with Crippen LogP contribution in [-0.4, -0.2) is 32.3 Å². The average molecular weight is 264 g/mol. The van der Waals surface area contributed by atoms with E-state index >= 15 is 0 Å². The van der Waals surface area contributed by atoms with Gasteiger partial charge in [-0.3, -0.25) is 0 Å². The normalized spacial score (nSPS) is 22.2. The Labute approximate surface area is 115 Å². The predicted molar refractivity (Wildman–Crippen MR) is 78.2 cm³/mol. The summed E-state index contributed by atoms with van der Waals surface area (Å²) in [6.07, 6.45) is 2.17. The first kappa shape index (κ1) is 14.0. The summed E-state index contributed by atoms with van der Waals surface area (Å²) in [4.78, 5) is 2.34. The molecule has 1 aromatic rings. The van der Waals surface area contributed by atoms with Crippen LogP contribution in [0.3, 0.4) is 0 Å². The maximum absolute atomic E-state index is 6.29. The molecule has 1 saturated heterocycles. The number of nitrogens with zero attached hydrogens (tertiary/aromatic N) is 1.